The molecule has 1 aliphatic carbocycles. The first-order chi connectivity index (χ1) is 8.65. The van der Waals surface area contributed by atoms with E-state index in [0.29, 0.717) is 17.3 Å². The van der Waals surface area contributed by atoms with Crippen LogP contribution in [0, 0.1) is 6.92 Å². The Kier molecular flexibility index (Phi) is 2.65. The van der Waals surface area contributed by atoms with Gasteiger partial charge in [-0.05, 0) is 19.8 Å². The van der Waals surface area contributed by atoms with Gasteiger partial charge in [0, 0.05) is 12.0 Å². The highest BCUT2D eigenvalue weighted by molar-refractivity contribution is 5.47. The second kappa shape index (κ2) is 4.19. The predicted molar refractivity (Wildman–Crippen MR) is 61.2 cm³/mol. The molecule has 0 bridgehead atoms. The molecular weight excluding hydrogens is 240 g/mol. The van der Waals surface area contributed by atoms with Gasteiger partial charge < -0.3 is 4.74 Å². The quantitative estimate of drug-likeness (QED) is 0.840. The van der Waals surface area contributed by atoms with Crippen molar-refractivity contribution in [1.29, 1.82) is 0 Å². The highest BCUT2D eigenvalue weighted by Crippen LogP contribution is 2.43. The lowest BCUT2D eigenvalue weighted by Gasteiger charge is -2.10. The van der Waals surface area contributed by atoms with Gasteiger partial charge in [0.15, 0.2) is 5.65 Å². The van der Waals surface area contributed by atoms with Crippen molar-refractivity contribution in [2.45, 2.75) is 32.1 Å². The first-order valence-electron chi connectivity index (χ1n) is 5.91. The second-order valence-electron chi connectivity index (χ2n) is 4.54. The molecule has 3 rings (SSSR count). The summed E-state index contributed by atoms with van der Waals surface area (Å²) in [6.07, 6.45) is 1.31. The Balaban J connectivity index is 2.01. The number of aryl methyl sites for hydroxylation is 1. The molecule has 0 radical (unpaired) electrons. The summed E-state index contributed by atoms with van der Waals surface area (Å²) in [5, 5.41) is 4.46. The van der Waals surface area contributed by atoms with Gasteiger partial charge in [0.2, 0.25) is 0 Å². The summed E-state index contributed by atoms with van der Waals surface area (Å²) >= 11 is 0. The standard InChI is InChI=1S/C12H13F2N3O/c1-7-5-15-11-4-9(18-6-10(13)14)12(8-2-3-8)16-17(7)11/h4-5,8,10H,2-3,6H2,1H3. The Bertz CT molecular complexity index is 578. The fourth-order valence-electron chi connectivity index (χ4n) is 1.93. The molecule has 1 aliphatic rings. The van der Waals surface area contributed by atoms with E-state index in [-0.39, 0.29) is 0 Å². The van der Waals surface area contributed by atoms with Gasteiger partial charge >= 0.3 is 0 Å². The van der Waals surface area contributed by atoms with Crippen molar-refractivity contribution in [3.63, 3.8) is 0 Å². The zero-order chi connectivity index (χ0) is 12.7. The average Bonchev–Trinajstić information content (AvgIpc) is 3.12. The van der Waals surface area contributed by atoms with Crippen LogP contribution in [0.5, 0.6) is 5.75 Å². The van der Waals surface area contributed by atoms with Crippen LogP contribution in [0.3, 0.4) is 0 Å². The highest BCUT2D eigenvalue weighted by Gasteiger charge is 2.30. The minimum absolute atomic E-state index is 0.337. The van der Waals surface area contributed by atoms with Gasteiger partial charge in [-0.3, -0.25) is 0 Å². The van der Waals surface area contributed by atoms with Crippen LogP contribution in [0.15, 0.2) is 12.3 Å². The van der Waals surface area contributed by atoms with Crippen molar-refractivity contribution in [3.05, 3.63) is 23.7 Å². The topological polar surface area (TPSA) is 39.4 Å². The number of alkyl halides is 2. The van der Waals surface area contributed by atoms with Crippen LogP contribution in [-0.4, -0.2) is 27.6 Å². The maximum Gasteiger partial charge on any atom is 0.272 e. The van der Waals surface area contributed by atoms with E-state index in [4.69, 9.17) is 4.74 Å². The minimum Gasteiger partial charge on any atom is -0.485 e. The SMILES string of the molecule is Cc1cnc2cc(OCC(F)F)c(C3CC3)nn12. The van der Waals surface area contributed by atoms with Crippen molar-refractivity contribution in [3.8, 4) is 5.75 Å². The van der Waals surface area contributed by atoms with Gasteiger partial charge in [0.25, 0.3) is 6.43 Å². The molecule has 0 aromatic carbocycles. The molecule has 1 saturated carbocycles. The van der Waals surface area contributed by atoms with E-state index in [9.17, 15) is 8.78 Å². The van der Waals surface area contributed by atoms with Crippen LogP contribution >= 0.6 is 0 Å². The van der Waals surface area contributed by atoms with E-state index in [0.717, 1.165) is 24.2 Å². The highest BCUT2D eigenvalue weighted by atomic mass is 19.3. The fourth-order valence-corrected chi connectivity index (χ4v) is 1.93. The Labute approximate surface area is 103 Å². The second-order valence-corrected chi connectivity index (χ2v) is 4.54. The van der Waals surface area contributed by atoms with E-state index in [1.807, 2.05) is 6.92 Å². The zero-order valence-electron chi connectivity index (χ0n) is 9.94. The van der Waals surface area contributed by atoms with Crippen molar-refractivity contribution >= 4 is 5.65 Å². The summed E-state index contributed by atoms with van der Waals surface area (Å²) in [5.41, 5.74) is 2.32. The third kappa shape index (κ3) is 2.02. The van der Waals surface area contributed by atoms with E-state index in [1.165, 1.54) is 0 Å². The summed E-state index contributed by atoms with van der Waals surface area (Å²) in [6, 6.07) is 1.69. The number of hydrogen-bond donors (Lipinski definition) is 0. The lowest BCUT2D eigenvalue weighted by molar-refractivity contribution is 0.0811. The molecule has 96 valence electrons. The third-order valence-corrected chi connectivity index (χ3v) is 2.98. The first-order valence-corrected chi connectivity index (χ1v) is 5.91. The summed E-state index contributed by atoms with van der Waals surface area (Å²) in [6.45, 7) is 1.31. The van der Waals surface area contributed by atoms with E-state index < -0.39 is 13.0 Å². The van der Waals surface area contributed by atoms with Crippen molar-refractivity contribution < 1.29 is 13.5 Å². The minimum atomic E-state index is -2.48. The van der Waals surface area contributed by atoms with Gasteiger partial charge in [0.05, 0.1) is 11.9 Å². The molecule has 2 aromatic rings. The van der Waals surface area contributed by atoms with Crippen LogP contribution in [0.2, 0.25) is 0 Å². The van der Waals surface area contributed by atoms with Crippen LogP contribution in [-0.2, 0) is 0 Å². The molecule has 0 amide bonds. The molecule has 0 aliphatic heterocycles. The summed E-state index contributed by atoms with van der Waals surface area (Å²) in [4.78, 5) is 4.16. The normalized spacial score (nSPS) is 15.6. The van der Waals surface area contributed by atoms with Crippen LogP contribution < -0.4 is 4.74 Å². The zero-order valence-corrected chi connectivity index (χ0v) is 9.94. The number of nitrogens with zero attached hydrogens (tertiary/aromatic N) is 3. The molecule has 0 atom stereocenters. The largest absolute Gasteiger partial charge is 0.485 e. The number of imidazole rings is 1. The van der Waals surface area contributed by atoms with Gasteiger partial charge in [0.1, 0.15) is 18.1 Å². The van der Waals surface area contributed by atoms with Gasteiger partial charge in [-0.25, -0.2) is 18.3 Å². The Hall–Kier alpha value is -1.72. The molecule has 1 fully saturated rings. The molecule has 18 heavy (non-hydrogen) atoms. The molecule has 0 unspecified atom stereocenters. The lowest BCUT2D eigenvalue weighted by Crippen LogP contribution is -2.10. The molecule has 2 aromatic heterocycles. The summed E-state index contributed by atoms with van der Waals surface area (Å²) < 4.78 is 31.3. The molecular formula is C12H13F2N3O. The number of rotatable bonds is 4. The lowest BCUT2D eigenvalue weighted by atomic mass is 10.2. The molecule has 0 N–H and O–H groups in total. The van der Waals surface area contributed by atoms with Crippen LogP contribution in [0.1, 0.15) is 30.1 Å². The number of fused-ring (bicyclic) bond motifs is 1. The molecule has 0 spiro atoms. The molecule has 0 saturated heterocycles. The first kappa shape index (κ1) is 11.4. The summed E-state index contributed by atoms with van der Waals surface area (Å²) in [5.74, 6) is 0.778. The Morgan fingerprint density at radius 2 is 2.28 bits per heavy atom. The van der Waals surface area contributed by atoms with Crippen LogP contribution in [0.25, 0.3) is 5.65 Å². The van der Waals surface area contributed by atoms with Gasteiger partial charge in [-0.2, -0.15) is 5.10 Å². The smallest absolute Gasteiger partial charge is 0.272 e. The third-order valence-electron chi connectivity index (χ3n) is 2.98. The Morgan fingerprint density at radius 1 is 1.50 bits per heavy atom. The van der Waals surface area contributed by atoms with Crippen molar-refractivity contribution in [2.75, 3.05) is 6.61 Å². The fraction of sp³-hybridized carbons (Fsp3) is 0.500. The maximum atomic E-state index is 12.2. The number of hydrogen-bond acceptors (Lipinski definition) is 3. The maximum absolute atomic E-state index is 12.2. The monoisotopic (exact) mass is 253 g/mol. The van der Waals surface area contributed by atoms with Gasteiger partial charge in [-0.15, -0.1) is 0 Å². The summed E-state index contributed by atoms with van der Waals surface area (Å²) in [7, 11) is 0. The van der Waals surface area contributed by atoms with Gasteiger partial charge in [-0.1, -0.05) is 0 Å². The molecule has 2 heterocycles. The van der Waals surface area contributed by atoms with E-state index in [2.05, 4.69) is 10.1 Å². The van der Waals surface area contributed by atoms with Crippen molar-refractivity contribution in [2.24, 2.45) is 0 Å². The van der Waals surface area contributed by atoms with E-state index in [1.54, 1.807) is 16.8 Å². The number of halogens is 2. The molecule has 6 heteroatoms. The number of ether oxygens (including phenoxy) is 1. The van der Waals surface area contributed by atoms with Crippen LogP contribution in [0.4, 0.5) is 8.78 Å². The predicted octanol–water partition coefficient (Wildman–Crippen LogP) is 2.56. The Morgan fingerprint density at radius 3 is 2.94 bits per heavy atom. The van der Waals surface area contributed by atoms with E-state index >= 15 is 0 Å². The average molecular weight is 253 g/mol. The number of aromatic nitrogens is 3. The van der Waals surface area contributed by atoms with Crippen molar-refractivity contribution in [1.82, 2.24) is 14.6 Å². The molecule has 4 nitrogen and oxygen atoms in total.